The van der Waals surface area contributed by atoms with Crippen LogP contribution in [0.3, 0.4) is 0 Å². The Morgan fingerprint density at radius 3 is 2.41 bits per heavy atom. The van der Waals surface area contributed by atoms with Crippen LogP contribution in [0.4, 0.5) is 0 Å². The Hall–Kier alpha value is -2.38. The van der Waals surface area contributed by atoms with Gasteiger partial charge in [0, 0.05) is 13.1 Å². The lowest BCUT2D eigenvalue weighted by atomic mass is 9.75. The summed E-state index contributed by atoms with van der Waals surface area (Å²) in [6.45, 7) is 2.52. The predicted molar refractivity (Wildman–Crippen MR) is 110 cm³/mol. The normalized spacial score (nSPS) is 20.2. The van der Waals surface area contributed by atoms with Crippen LogP contribution in [0.2, 0.25) is 0 Å². The monoisotopic (exact) mass is 417 g/mol. The van der Waals surface area contributed by atoms with Gasteiger partial charge < -0.3 is 9.47 Å². The maximum Gasteiger partial charge on any atom is 0.313 e. The molecule has 1 aliphatic heterocycles. The van der Waals surface area contributed by atoms with Crippen LogP contribution in [0.5, 0.6) is 5.75 Å². The number of piperidine rings is 1. The van der Waals surface area contributed by atoms with Crippen molar-refractivity contribution in [3.8, 4) is 5.75 Å². The molecule has 1 unspecified atom stereocenters. The molecule has 7 heteroatoms. The SMILES string of the molecule is CCOC(=O)C1(Cc2ccccc2)CCCN(S(=O)(=O)c2ccc(OC)cc2)C1. The first-order chi connectivity index (χ1) is 13.9. The third-order valence-corrected chi connectivity index (χ3v) is 7.19. The van der Waals surface area contributed by atoms with Gasteiger partial charge in [0.25, 0.3) is 0 Å². The first-order valence-corrected chi connectivity index (χ1v) is 11.2. The van der Waals surface area contributed by atoms with Gasteiger partial charge in [-0.15, -0.1) is 0 Å². The van der Waals surface area contributed by atoms with Gasteiger partial charge >= 0.3 is 5.97 Å². The lowest BCUT2D eigenvalue weighted by Gasteiger charge is -2.40. The lowest BCUT2D eigenvalue weighted by Crippen LogP contribution is -2.51. The molecule has 1 aliphatic rings. The van der Waals surface area contributed by atoms with Crippen molar-refractivity contribution in [1.29, 1.82) is 0 Å². The summed E-state index contributed by atoms with van der Waals surface area (Å²) in [5.41, 5.74) is 0.0963. The van der Waals surface area contributed by atoms with E-state index in [1.54, 1.807) is 19.1 Å². The molecule has 0 aromatic heterocycles. The van der Waals surface area contributed by atoms with E-state index in [0.29, 0.717) is 31.6 Å². The molecule has 0 spiro atoms. The van der Waals surface area contributed by atoms with Crippen LogP contribution in [0.1, 0.15) is 25.3 Å². The zero-order chi connectivity index (χ0) is 20.9. The molecule has 0 aliphatic carbocycles. The van der Waals surface area contributed by atoms with Gasteiger partial charge in [0.1, 0.15) is 5.75 Å². The minimum atomic E-state index is -3.73. The first-order valence-electron chi connectivity index (χ1n) is 9.77. The summed E-state index contributed by atoms with van der Waals surface area (Å²) in [5, 5.41) is 0. The van der Waals surface area contributed by atoms with Crippen LogP contribution in [0.25, 0.3) is 0 Å². The summed E-state index contributed by atoms with van der Waals surface area (Å²) in [6.07, 6.45) is 1.64. The van der Waals surface area contributed by atoms with Crippen molar-refractivity contribution in [2.75, 3.05) is 26.8 Å². The molecular weight excluding hydrogens is 390 g/mol. The summed E-state index contributed by atoms with van der Waals surface area (Å²) < 4.78 is 38.4. The fourth-order valence-corrected chi connectivity index (χ4v) is 5.41. The maximum atomic E-state index is 13.2. The standard InChI is InChI=1S/C22H27NO5S/c1-3-28-21(24)22(16-18-8-5-4-6-9-18)14-7-15-23(17-22)29(25,26)20-12-10-19(27-2)11-13-20/h4-6,8-13H,3,7,14-17H2,1-2H3. The van der Waals surface area contributed by atoms with Crippen LogP contribution in [-0.2, 0) is 26.0 Å². The summed E-state index contributed by atoms with van der Waals surface area (Å²) >= 11 is 0. The van der Waals surface area contributed by atoms with Gasteiger partial charge in [-0.05, 0) is 56.0 Å². The molecule has 0 saturated carbocycles. The minimum Gasteiger partial charge on any atom is -0.497 e. The maximum absolute atomic E-state index is 13.2. The number of benzene rings is 2. The fourth-order valence-electron chi connectivity index (χ4n) is 3.85. The number of nitrogens with zero attached hydrogens (tertiary/aromatic N) is 1. The predicted octanol–water partition coefficient (Wildman–Crippen LogP) is 3.27. The fraction of sp³-hybridized carbons (Fsp3) is 0.409. The van der Waals surface area contributed by atoms with Gasteiger partial charge in [-0.3, -0.25) is 4.79 Å². The molecule has 0 bridgehead atoms. The number of hydrogen-bond donors (Lipinski definition) is 0. The average molecular weight is 418 g/mol. The Labute approximate surface area is 172 Å². The Balaban J connectivity index is 1.91. The Morgan fingerprint density at radius 1 is 1.10 bits per heavy atom. The van der Waals surface area contributed by atoms with Crippen LogP contribution in [0.15, 0.2) is 59.5 Å². The number of hydrogen-bond acceptors (Lipinski definition) is 5. The van der Waals surface area contributed by atoms with Crippen molar-refractivity contribution >= 4 is 16.0 Å². The molecule has 6 nitrogen and oxygen atoms in total. The molecule has 0 radical (unpaired) electrons. The van der Waals surface area contributed by atoms with Crippen molar-refractivity contribution in [3.05, 3.63) is 60.2 Å². The topological polar surface area (TPSA) is 72.9 Å². The number of rotatable bonds is 7. The highest BCUT2D eigenvalue weighted by Crippen LogP contribution is 2.37. The van der Waals surface area contributed by atoms with Crippen molar-refractivity contribution in [2.45, 2.75) is 31.1 Å². The van der Waals surface area contributed by atoms with E-state index in [2.05, 4.69) is 0 Å². The summed E-state index contributed by atoms with van der Waals surface area (Å²) in [6, 6.07) is 16.0. The summed E-state index contributed by atoms with van der Waals surface area (Å²) in [4.78, 5) is 13.1. The molecule has 156 valence electrons. The number of carbonyl (C=O) groups is 1. The van der Waals surface area contributed by atoms with Gasteiger partial charge in [0.15, 0.2) is 0 Å². The number of methoxy groups -OCH3 is 1. The van der Waals surface area contributed by atoms with E-state index in [9.17, 15) is 13.2 Å². The molecule has 0 N–H and O–H groups in total. The van der Waals surface area contributed by atoms with Crippen molar-refractivity contribution in [3.63, 3.8) is 0 Å². The van der Waals surface area contributed by atoms with E-state index in [0.717, 1.165) is 5.56 Å². The highest BCUT2D eigenvalue weighted by atomic mass is 32.2. The number of carbonyl (C=O) groups excluding carboxylic acids is 1. The number of esters is 1. The smallest absolute Gasteiger partial charge is 0.313 e. The minimum absolute atomic E-state index is 0.106. The molecule has 1 heterocycles. The molecule has 1 fully saturated rings. The second-order valence-electron chi connectivity index (χ2n) is 7.28. The van der Waals surface area contributed by atoms with E-state index in [1.807, 2.05) is 30.3 Å². The van der Waals surface area contributed by atoms with Gasteiger partial charge in [-0.25, -0.2) is 8.42 Å². The van der Waals surface area contributed by atoms with Crippen molar-refractivity contribution in [2.24, 2.45) is 5.41 Å². The van der Waals surface area contributed by atoms with Gasteiger partial charge in [-0.1, -0.05) is 30.3 Å². The molecule has 29 heavy (non-hydrogen) atoms. The lowest BCUT2D eigenvalue weighted by molar-refractivity contribution is -0.157. The molecular formula is C22H27NO5S. The van der Waals surface area contributed by atoms with Crippen LogP contribution in [-0.4, -0.2) is 45.5 Å². The number of sulfonamides is 1. The van der Waals surface area contributed by atoms with E-state index in [4.69, 9.17) is 9.47 Å². The molecule has 1 atom stereocenters. The van der Waals surface area contributed by atoms with Crippen LogP contribution < -0.4 is 4.74 Å². The van der Waals surface area contributed by atoms with E-state index in [1.165, 1.54) is 23.5 Å². The molecule has 0 amide bonds. The van der Waals surface area contributed by atoms with E-state index in [-0.39, 0.29) is 24.0 Å². The summed E-state index contributed by atoms with van der Waals surface area (Å²) in [5.74, 6) is 0.256. The first kappa shape index (κ1) is 21.3. The number of ether oxygens (including phenoxy) is 2. The quantitative estimate of drug-likeness (QED) is 0.647. The van der Waals surface area contributed by atoms with E-state index >= 15 is 0 Å². The zero-order valence-electron chi connectivity index (χ0n) is 16.8. The van der Waals surface area contributed by atoms with Gasteiger partial charge in [0.05, 0.1) is 24.0 Å². The Morgan fingerprint density at radius 2 is 1.79 bits per heavy atom. The van der Waals surface area contributed by atoms with Crippen LogP contribution >= 0.6 is 0 Å². The van der Waals surface area contributed by atoms with Gasteiger partial charge in [0.2, 0.25) is 10.0 Å². The highest BCUT2D eigenvalue weighted by molar-refractivity contribution is 7.89. The molecule has 2 aromatic carbocycles. The van der Waals surface area contributed by atoms with Crippen LogP contribution in [0, 0.1) is 5.41 Å². The summed E-state index contributed by atoms with van der Waals surface area (Å²) in [7, 11) is -2.20. The Kier molecular flexibility index (Phi) is 6.59. The van der Waals surface area contributed by atoms with Gasteiger partial charge in [-0.2, -0.15) is 4.31 Å². The second-order valence-corrected chi connectivity index (χ2v) is 9.22. The average Bonchev–Trinajstić information content (AvgIpc) is 2.75. The van der Waals surface area contributed by atoms with E-state index < -0.39 is 15.4 Å². The van der Waals surface area contributed by atoms with Crippen molar-refractivity contribution < 1.29 is 22.7 Å². The third-order valence-electron chi connectivity index (χ3n) is 5.33. The Bertz CT molecular complexity index is 927. The molecule has 2 aromatic rings. The molecule has 3 rings (SSSR count). The zero-order valence-corrected chi connectivity index (χ0v) is 17.7. The van der Waals surface area contributed by atoms with Crippen molar-refractivity contribution in [1.82, 2.24) is 4.31 Å². The second kappa shape index (κ2) is 8.97. The highest BCUT2D eigenvalue weighted by Gasteiger charge is 2.46. The molecule has 1 saturated heterocycles. The third kappa shape index (κ3) is 4.62. The largest absolute Gasteiger partial charge is 0.497 e.